The fraction of sp³-hybridized carbons (Fsp3) is 0.300. The van der Waals surface area contributed by atoms with Crippen molar-refractivity contribution in [1.82, 2.24) is 0 Å². The normalized spacial score (nSPS) is 16.9. The van der Waals surface area contributed by atoms with Gasteiger partial charge < -0.3 is 15.2 Å². The Morgan fingerprint density at radius 2 is 1.82 bits per heavy atom. The average molecular weight is 256 g/mol. The fourth-order valence-corrected chi connectivity index (χ4v) is 2.80. The van der Waals surface area contributed by atoms with Gasteiger partial charge >= 0.3 is 0 Å². The van der Waals surface area contributed by atoms with Crippen molar-refractivity contribution in [2.24, 2.45) is 10.1 Å². The molecule has 7 heteroatoms. The zero-order chi connectivity index (χ0) is 12.6. The maximum Gasteiger partial charge on any atom is 0.259 e. The third-order valence-electron chi connectivity index (χ3n) is 2.46. The van der Waals surface area contributed by atoms with E-state index in [0.717, 1.165) is 0 Å². The summed E-state index contributed by atoms with van der Waals surface area (Å²) < 4.78 is 36.6. The molecule has 0 saturated carbocycles. The molecule has 2 N–H and O–H groups in total. The Morgan fingerprint density at radius 3 is 2.41 bits per heavy atom. The van der Waals surface area contributed by atoms with E-state index in [9.17, 15) is 8.42 Å². The van der Waals surface area contributed by atoms with Crippen molar-refractivity contribution >= 4 is 15.9 Å². The molecule has 0 saturated heterocycles. The number of nitrogens with two attached hydrogens (primary N) is 1. The molecule has 0 amide bonds. The number of rotatable bonds is 2. The Morgan fingerprint density at radius 1 is 1.24 bits per heavy atom. The largest absolute Gasteiger partial charge is 0.493 e. The molecule has 1 aromatic rings. The van der Waals surface area contributed by atoms with Gasteiger partial charge in [-0.25, -0.2) is 8.42 Å². The van der Waals surface area contributed by atoms with Crippen LogP contribution in [0.15, 0.2) is 16.5 Å². The minimum Gasteiger partial charge on any atom is -0.493 e. The van der Waals surface area contributed by atoms with Crippen molar-refractivity contribution in [1.29, 1.82) is 0 Å². The highest BCUT2D eigenvalue weighted by molar-refractivity contribution is 7.89. The molecule has 6 nitrogen and oxygen atoms in total. The quantitative estimate of drug-likeness (QED) is 0.819. The number of ether oxygens (including phenoxy) is 2. The van der Waals surface area contributed by atoms with Gasteiger partial charge in [0.15, 0.2) is 11.5 Å². The van der Waals surface area contributed by atoms with Gasteiger partial charge in [-0.2, -0.15) is 0 Å². The number of nitrogens with zero attached hydrogens (tertiary/aromatic N) is 1. The lowest BCUT2D eigenvalue weighted by Gasteiger charge is -2.17. The van der Waals surface area contributed by atoms with Gasteiger partial charge in [-0.15, -0.1) is 4.40 Å². The summed E-state index contributed by atoms with van der Waals surface area (Å²) >= 11 is 0. The number of fused-ring (bicyclic) bond motifs is 1. The molecule has 0 atom stereocenters. The SMILES string of the molecule is COc1cc2c(cc1OC)C(N)=NS(=O)(=O)C2. The van der Waals surface area contributed by atoms with Crippen LogP contribution in [0.5, 0.6) is 11.5 Å². The summed E-state index contributed by atoms with van der Waals surface area (Å²) in [5, 5.41) is 0. The van der Waals surface area contributed by atoms with Gasteiger partial charge in [0, 0.05) is 5.56 Å². The first-order chi connectivity index (χ1) is 7.96. The van der Waals surface area contributed by atoms with E-state index in [1.807, 2.05) is 0 Å². The van der Waals surface area contributed by atoms with Crippen LogP contribution in [-0.2, 0) is 15.8 Å². The lowest BCUT2D eigenvalue weighted by molar-refractivity contribution is 0.354. The molecular weight excluding hydrogens is 244 g/mol. The second-order valence-corrected chi connectivity index (χ2v) is 5.20. The Kier molecular flexibility index (Phi) is 2.70. The summed E-state index contributed by atoms with van der Waals surface area (Å²) in [4.78, 5) is 0. The van der Waals surface area contributed by atoms with Crippen molar-refractivity contribution in [3.05, 3.63) is 23.3 Å². The summed E-state index contributed by atoms with van der Waals surface area (Å²) in [6, 6.07) is 3.23. The molecule has 1 aliphatic rings. The van der Waals surface area contributed by atoms with Crippen LogP contribution in [0.2, 0.25) is 0 Å². The minimum atomic E-state index is -3.52. The summed E-state index contributed by atoms with van der Waals surface area (Å²) in [7, 11) is -0.541. The molecule has 0 aliphatic carbocycles. The topological polar surface area (TPSA) is 91.0 Å². The molecule has 1 heterocycles. The molecule has 92 valence electrons. The zero-order valence-corrected chi connectivity index (χ0v) is 10.2. The van der Waals surface area contributed by atoms with Gasteiger partial charge in [-0.05, 0) is 17.7 Å². The summed E-state index contributed by atoms with van der Waals surface area (Å²) in [6.45, 7) is 0. The molecule has 17 heavy (non-hydrogen) atoms. The van der Waals surface area contributed by atoms with E-state index in [1.165, 1.54) is 14.2 Å². The van der Waals surface area contributed by atoms with Crippen molar-refractivity contribution in [3.8, 4) is 11.5 Å². The number of hydrogen-bond donors (Lipinski definition) is 1. The lowest BCUT2D eigenvalue weighted by atomic mass is 10.1. The van der Waals surface area contributed by atoms with Crippen molar-refractivity contribution < 1.29 is 17.9 Å². The predicted molar refractivity (Wildman–Crippen MR) is 62.9 cm³/mol. The monoisotopic (exact) mass is 256 g/mol. The van der Waals surface area contributed by atoms with Gasteiger partial charge in [-0.3, -0.25) is 0 Å². The summed E-state index contributed by atoms with van der Waals surface area (Å²) in [6.07, 6.45) is 0. The van der Waals surface area contributed by atoms with Gasteiger partial charge in [0.2, 0.25) is 0 Å². The van der Waals surface area contributed by atoms with E-state index in [2.05, 4.69) is 4.40 Å². The van der Waals surface area contributed by atoms with Crippen LogP contribution < -0.4 is 15.2 Å². The minimum absolute atomic E-state index is 0.0211. The smallest absolute Gasteiger partial charge is 0.259 e. The molecule has 0 fully saturated rings. The number of amidine groups is 1. The maximum absolute atomic E-state index is 11.4. The van der Waals surface area contributed by atoms with E-state index < -0.39 is 10.0 Å². The van der Waals surface area contributed by atoms with E-state index in [4.69, 9.17) is 15.2 Å². The molecule has 0 spiro atoms. The second kappa shape index (κ2) is 3.92. The van der Waals surface area contributed by atoms with Crippen LogP contribution in [0.25, 0.3) is 0 Å². The Bertz CT molecular complexity index is 593. The highest BCUT2D eigenvalue weighted by atomic mass is 32.2. The molecule has 0 bridgehead atoms. The third-order valence-corrected chi connectivity index (χ3v) is 3.61. The van der Waals surface area contributed by atoms with Gasteiger partial charge in [-0.1, -0.05) is 0 Å². The van der Waals surface area contributed by atoms with Gasteiger partial charge in [0.05, 0.1) is 20.0 Å². The Hall–Kier alpha value is -1.76. The van der Waals surface area contributed by atoms with Crippen molar-refractivity contribution in [2.45, 2.75) is 5.75 Å². The molecular formula is C10H12N2O4S. The first-order valence-corrected chi connectivity index (χ1v) is 6.41. The molecule has 1 aromatic carbocycles. The van der Waals surface area contributed by atoms with Crippen LogP contribution in [0.3, 0.4) is 0 Å². The number of sulfonamides is 1. The van der Waals surface area contributed by atoms with Crippen LogP contribution in [0, 0.1) is 0 Å². The molecule has 2 rings (SSSR count). The van der Waals surface area contributed by atoms with Crippen molar-refractivity contribution in [3.63, 3.8) is 0 Å². The van der Waals surface area contributed by atoms with Crippen LogP contribution >= 0.6 is 0 Å². The highest BCUT2D eigenvalue weighted by Crippen LogP contribution is 2.33. The van der Waals surface area contributed by atoms with Gasteiger partial charge in [0.1, 0.15) is 5.84 Å². The average Bonchev–Trinajstić information content (AvgIpc) is 2.26. The zero-order valence-electron chi connectivity index (χ0n) is 9.43. The van der Waals surface area contributed by atoms with E-state index >= 15 is 0 Å². The molecule has 0 radical (unpaired) electrons. The molecule has 0 aromatic heterocycles. The van der Waals surface area contributed by atoms with Crippen LogP contribution in [0.1, 0.15) is 11.1 Å². The summed E-state index contributed by atoms with van der Waals surface area (Å²) in [5.41, 5.74) is 6.74. The van der Waals surface area contributed by atoms with E-state index in [-0.39, 0.29) is 11.6 Å². The van der Waals surface area contributed by atoms with E-state index in [1.54, 1.807) is 12.1 Å². The standard InChI is InChI=1S/C10H12N2O4S/c1-15-8-3-6-5-17(13,14)12-10(11)7(6)4-9(8)16-2/h3-4H,5H2,1-2H3,(H2,11,12). The first kappa shape index (κ1) is 11.7. The number of benzene rings is 1. The highest BCUT2D eigenvalue weighted by Gasteiger charge is 2.24. The first-order valence-electron chi connectivity index (χ1n) is 4.80. The van der Waals surface area contributed by atoms with Gasteiger partial charge in [0.25, 0.3) is 10.0 Å². The third kappa shape index (κ3) is 2.05. The fourth-order valence-electron chi connectivity index (χ4n) is 1.71. The molecule has 1 aliphatic heterocycles. The Labute approximate surface area is 99.1 Å². The van der Waals surface area contributed by atoms with Crippen molar-refractivity contribution in [2.75, 3.05) is 14.2 Å². The van der Waals surface area contributed by atoms with E-state index in [0.29, 0.717) is 22.6 Å². The van der Waals surface area contributed by atoms with Crippen LogP contribution in [-0.4, -0.2) is 28.5 Å². The maximum atomic E-state index is 11.4. The number of hydrogen-bond acceptors (Lipinski definition) is 5. The number of methoxy groups -OCH3 is 2. The van der Waals surface area contributed by atoms with Crippen LogP contribution in [0.4, 0.5) is 0 Å². The summed E-state index contributed by atoms with van der Waals surface area (Å²) in [5.74, 6) is 0.760. The molecule has 0 unspecified atom stereocenters. The lowest BCUT2D eigenvalue weighted by Crippen LogP contribution is -2.23. The Balaban J connectivity index is 2.65. The predicted octanol–water partition coefficient (Wildman–Crippen LogP) is 0.253. The second-order valence-electron chi connectivity index (χ2n) is 3.57.